The molecule has 1 amide bonds. The maximum atomic E-state index is 12.6. The molecule has 2 aliphatic rings. The molecule has 4 rings (SSSR count). The highest BCUT2D eigenvalue weighted by atomic mass is 32.2. The third kappa shape index (κ3) is 22.2. The quantitative estimate of drug-likeness (QED) is 0.0573. The molecule has 1 heterocycles. The van der Waals surface area contributed by atoms with Crippen molar-refractivity contribution in [2.75, 3.05) is 158 Å². The Kier molecular flexibility index (Phi) is 32.5. The molecule has 1 aliphatic carbocycles. The van der Waals surface area contributed by atoms with Gasteiger partial charge in [-0.1, -0.05) is 48.5 Å². The van der Waals surface area contributed by atoms with E-state index in [0.717, 1.165) is 65.3 Å². The van der Waals surface area contributed by atoms with E-state index in [-0.39, 0.29) is 37.3 Å². The summed E-state index contributed by atoms with van der Waals surface area (Å²) in [5.74, 6) is 7.23. The molecule has 1 fully saturated rings. The van der Waals surface area contributed by atoms with Crippen LogP contribution in [0, 0.1) is 5.92 Å². The lowest BCUT2D eigenvalue weighted by molar-refractivity contribution is -0.313. The van der Waals surface area contributed by atoms with Gasteiger partial charge in [0.05, 0.1) is 65.1 Å². The molecule has 0 aromatic heterocycles. The van der Waals surface area contributed by atoms with Gasteiger partial charge in [-0.3, -0.25) is 0 Å². The first-order chi connectivity index (χ1) is 32.6. The van der Waals surface area contributed by atoms with Crippen molar-refractivity contribution in [2.45, 2.75) is 49.8 Å². The van der Waals surface area contributed by atoms with E-state index >= 15 is 0 Å². The van der Waals surface area contributed by atoms with E-state index in [2.05, 4.69) is 29.6 Å². The minimum atomic E-state index is -0.716. The summed E-state index contributed by atoms with van der Waals surface area (Å²) in [4.78, 5) is 12.6. The Morgan fingerprint density at radius 2 is 1.06 bits per heavy atom. The third-order valence-electron chi connectivity index (χ3n) is 10.6. The molecule has 2 aromatic rings. The van der Waals surface area contributed by atoms with Gasteiger partial charge in [0.25, 0.3) is 0 Å². The molecular formula is C47H79N5O10S4. The number of fused-ring (bicyclic) bond motifs is 3. The van der Waals surface area contributed by atoms with Crippen molar-refractivity contribution in [1.82, 2.24) is 5.32 Å². The van der Waals surface area contributed by atoms with Crippen LogP contribution in [0.2, 0.25) is 0 Å². The summed E-state index contributed by atoms with van der Waals surface area (Å²) >= 11 is 7.26. The lowest BCUT2D eigenvalue weighted by atomic mass is 9.89. The van der Waals surface area contributed by atoms with Gasteiger partial charge in [-0.25, -0.2) is 4.79 Å². The van der Waals surface area contributed by atoms with Gasteiger partial charge in [0, 0.05) is 93.1 Å². The zero-order valence-electron chi connectivity index (χ0n) is 38.9. The van der Waals surface area contributed by atoms with Crippen LogP contribution in [-0.2, 0) is 42.6 Å². The first kappa shape index (κ1) is 57.2. The number of amides is 1. The summed E-state index contributed by atoms with van der Waals surface area (Å²) in [6.45, 7) is 7.90. The molecule has 15 nitrogen and oxygen atoms in total. The fraction of sp³-hybridized carbons (Fsp3) is 0.723. The van der Waals surface area contributed by atoms with Crippen molar-refractivity contribution in [3.8, 4) is 11.1 Å². The van der Waals surface area contributed by atoms with Crippen molar-refractivity contribution in [3.63, 3.8) is 0 Å². The standard InChI is InChI=1S/C47H79N5O10S4/c48-12-29-63-26-5-17-56-36-43-42(34-57-25-33-66-32-15-51)44(58-18-6-27-64-30-13-49)45(59-19-7-28-65-31-14-50)46(62-43)60-24-23-55-22-21-54-20-16-52-47(53)61-35-41-39-10-3-1-8-37(39)38-9-2-4-11-40(38)41/h1-4,8-11,41-46H,5-7,12-36,48-51H2,(H,52,53)/t42-,43-,44+,45-,46-/m1/s1. The summed E-state index contributed by atoms with van der Waals surface area (Å²) in [7, 11) is 0. The number of carbonyl (C=O) groups excluding carboxylic acids is 1. The SMILES string of the molecule is NCCSCCCOC[C@H]1O[C@@H](OCCOCCOCCNC(=O)OCC2c3ccccc3-c3ccccc32)[C@H](OCCCSCCN)[C@@H](OCCCSCCN)[C@@H]1COCCSCCN. The van der Waals surface area contributed by atoms with E-state index in [9.17, 15) is 4.79 Å². The molecule has 376 valence electrons. The molecule has 0 radical (unpaired) electrons. The summed E-state index contributed by atoms with van der Waals surface area (Å²) in [5.41, 5.74) is 27.6. The largest absolute Gasteiger partial charge is 0.449 e. The van der Waals surface area contributed by atoms with E-state index in [1.165, 1.54) is 22.3 Å². The summed E-state index contributed by atoms with van der Waals surface area (Å²) < 4.78 is 56.5. The molecule has 66 heavy (non-hydrogen) atoms. The van der Waals surface area contributed by atoms with Crippen LogP contribution in [0.5, 0.6) is 0 Å². The lowest BCUT2D eigenvalue weighted by Gasteiger charge is -2.46. The highest BCUT2D eigenvalue weighted by molar-refractivity contribution is 7.99. The minimum absolute atomic E-state index is 0.00838. The minimum Gasteiger partial charge on any atom is -0.449 e. The zero-order chi connectivity index (χ0) is 46.7. The number of hydrogen-bond acceptors (Lipinski definition) is 18. The van der Waals surface area contributed by atoms with Crippen LogP contribution < -0.4 is 28.3 Å². The van der Waals surface area contributed by atoms with Crippen molar-refractivity contribution >= 4 is 53.1 Å². The second-order valence-corrected chi connectivity index (χ2v) is 20.4. The second-order valence-electron chi connectivity index (χ2n) is 15.5. The van der Waals surface area contributed by atoms with Crippen molar-refractivity contribution < 1.29 is 47.4 Å². The van der Waals surface area contributed by atoms with E-state index in [1.54, 1.807) is 11.8 Å². The van der Waals surface area contributed by atoms with E-state index in [4.69, 9.17) is 65.6 Å². The molecule has 1 aliphatic heterocycles. The van der Waals surface area contributed by atoms with Gasteiger partial charge in [-0.15, -0.1) is 0 Å². The van der Waals surface area contributed by atoms with Crippen LogP contribution in [0.3, 0.4) is 0 Å². The maximum absolute atomic E-state index is 12.6. The van der Waals surface area contributed by atoms with Crippen LogP contribution >= 0.6 is 47.0 Å². The van der Waals surface area contributed by atoms with Crippen LogP contribution in [0.4, 0.5) is 4.79 Å². The van der Waals surface area contributed by atoms with E-state index in [1.807, 2.05) is 59.6 Å². The van der Waals surface area contributed by atoms with Gasteiger partial charge >= 0.3 is 6.09 Å². The Balaban J connectivity index is 1.26. The molecule has 5 atom stereocenters. The van der Waals surface area contributed by atoms with Crippen LogP contribution in [0.25, 0.3) is 11.1 Å². The molecule has 1 saturated heterocycles. The Bertz CT molecular complexity index is 1490. The fourth-order valence-electron chi connectivity index (χ4n) is 7.57. The predicted octanol–water partition coefficient (Wildman–Crippen LogP) is 4.66. The summed E-state index contributed by atoms with van der Waals surface area (Å²) in [6, 6.07) is 16.6. The van der Waals surface area contributed by atoms with Gasteiger partial charge < -0.3 is 70.9 Å². The lowest BCUT2D eigenvalue weighted by Crippen LogP contribution is -2.59. The zero-order valence-corrected chi connectivity index (χ0v) is 42.2. The molecule has 0 bridgehead atoms. The fourth-order valence-corrected chi connectivity index (χ4v) is 10.3. The van der Waals surface area contributed by atoms with Crippen molar-refractivity contribution in [3.05, 3.63) is 59.7 Å². The highest BCUT2D eigenvalue weighted by Gasteiger charge is 2.48. The monoisotopic (exact) mass is 1000 g/mol. The number of carbonyl (C=O) groups is 1. The molecule has 9 N–H and O–H groups in total. The van der Waals surface area contributed by atoms with Crippen molar-refractivity contribution in [1.29, 1.82) is 0 Å². The Hall–Kier alpha value is -1.37. The number of nitrogens with one attached hydrogen (secondary N) is 1. The molecule has 0 saturated carbocycles. The molecule has 0 spiro atoms. The first-order valence-corrected chi connectivity index (χ1v) is 28.3. The number of nitrogens with two attached hydrogens (primary N) is 4. The molecule has 2 aromatic carbocycles. The molecule has 0 unspecified atom stereocenters. The van der Waals surface area contributed by atoms with Crippen molar-refractivity contribution in [2.24, 2.45) is 28.9 Å². The number of ether oxygens (including phenoxy) is 9. The normalized spacial score (nSPS) is 19.2. The topological polar surface area (TPSA) is 216 Å². The van der Waals surface area contributed by atoms with Gasteiger partial charge in [-0.05, 0) is 58.8 Å². The average molecular weight is 1000 g/mol. The number of benzene rings is 2. The van der Waals surface area contributed by atoms with Gasteiger partial charge in [0.2, 0.25) is 0 Å². The molecule has 19 heteroatoms. The first-order valence-electron chi connectivity index (χ1n) is 23.6. The van der Waals surface area contributed by atoms with Crippen LogP contribution in [-0.4, -0.2) is 189 Å². The van der Waals surface area contributed by atoms with E-state index in [0.29, 0.717) is 98.8 Å². The molecular weight excluding hydrogens is 923 g/mol. The predicted molar refractivity (Wildman–Crippen MR) is 273 cm³/mol. The van der Waals surface area contributed by atoms with E-state index < -0.39 is 18.5 Å². The Morgan fingerprint density at radius 3 is 1.68 bits per heavy atom. The number of alkyl carbamates (subject to hydrolysis) is 1. The smallest absolute Gasteiger partial charge is 0.407 e. The Labute approximate surface area is 411 Å². The third-order valence-corrected chi connectivity index (χ3v) is 14.9. The summed E-state index contributed by atoms with van der Waals surface area (Å²) in [5, 5.41) is 2.79. The average Bonchev–Trinajstić information content (AvgIpc) is 3.66. The van der Waals surface area contributed by atoms with Crippen LogP contribution in [0.15, 0.2) is 48.5 Å². The van der Waals surface area contributed by atoms with Gasteiger partial charge in [-0.2, -0.15) is 47.0 Å². The van der Waals surface area contributed by atoms with Gasteiger partial charge in [0.15, 0.2) is 6.29 Å². The Morgan fingerprint density at radius 1 is 0.530 bits per heavy atom. The number of hydrogen-bond donors (Lipinski definition) is 5. The van der Waals surface area contributed by atoms with Crippen LogP contribution in [0.1, 0.15) is 36.3 Å². The maximum Gasteiger partial charge on any atom is 0.407 e. The van der Waals surface area contributed by atoms with Gasteiger partial charge in [0.1, 0.15) is 12.7 Å². The number of thioether (sulfide) groups is 4. The summed E-state index contributed by atoms with van der Waals surface area (Å²) in [6.07, 6.45) is 0.254. The second kappa shape index (κ2) is 37.5. The highest BCUT2D eigenvalue weighted by Crippen LogP contribution is 2.44. The number of rotatable bonds is 41.